The lowest BCUT2D eigenvalue weighted by Gasteiger charge is -2.35. The van der Waals surface area contributed by atoms with Crippen LogP contribution in [0.2, 0.25) is 0 Å². The second-order valence-corrected chi connectivity index (χ2v) is 7.60. The molecule has 0 radical (unpaired) electrons. The van der Waals surface area contributed by atoms with Crippen LogP contribution in [-0.4, -0.2) is 83.2 Å². The maximum atomic E-state index is 12.4. The molecule has 0 aromatic carbocycles. The molecule has 3 amide bonds. The molecule has 0 bridgehead atoms. The quantitative estimate of drug-likeness (QED) is 0.801. The van der Waals surface area contributed by atoms with Crippen LogP contribution in [0.15, 0.2) is 5.38 Å². The first-order valence-corrected chi connectivity index (χ1v) is 9.89. The molecule has 0 aliphatic carbocycles. The highest BCUT2D eigenvalue weighted by molar-refractivity contribution is 7.13. The Labute approximate surface area is 157 Å². The Balaban J connectivity index is 1.42. The lowest BCUT2D eigenvalue weighted by molar-refractivity contribution is -0.134. The number of carbonyl (C=O) groups is 3. The zero-order valence-corrected chi connectivity index (χ0v) is 15.9. The van der Waals surface area contributed by atoms with Crippen LogP contribution in [0.3, 0.4) is 0 Å². The fraction of sp³-hybridized carbons (Fsp3) is 0.647. The van der Waals surface area contributed by atoms with Gasteiger partial charge < -0.3 is 15.1 Å². The lowest BCUT2D eigenvalue weighted by atomic mass is 10.2. The molecular weight excluding hydrogens is 354 g/mol. The third kappa shape index (κ3) is 5.01. The summed E-state index contributed by atoms with van der Waals surface area (Å²) in [7, 11) is 0. The molecule has 0 saturated carbocycles. The molecule has 1 aromatic heterocycles. The van der Waals surface area contributed by atoms with E-state index in [1.807, 2.05) is 9.80 Å². The third-order valence-electron chi connectivity index (χ3n) is 4.71. The second-order valence-electron chi connectivity index (χ2n) is 6.75. The van der Waals surface area contributed by atoms with Crippen molar-refractivity contribution >= 4 is 34.2 Å². The number of aromatic nitrogens is 1. The molecule has 2 fully saturated rings. The molecule has 0 atom stereocenters. The van der Waals surface area contributed by atoms with Crippen LogP contribution in [0.25, 0.3) is 0 Å². The zero-order chi connectivity index (χ0) is 18.5. The highest BCUT2D eigenvalue weighted by atomic mass is 32.1. The Hall–Kier alpha value is -2.00. The van der Waals surface area contributed by atoms with E-state index in [4.69, 9.17) is 0 Å². The predicted molar refractivity (Wildman–Crippen MR) is 99.0 cm³/mol. The van der Waals surface area contributed by atoms with Crippen molar-refractivity contribution in [3.05, 3.63) is 11.1 Å². The molecule has 3 rings (SSSR count). The van der Waals surface area contributed by atoms with Gasteiger partial charge in [-0.25, -0.2) is 4.98 Å². The lowest BCUT2D eigenvalue weighted by Crippen LogP contribution is -2.51. The third-order valence-corrected chi connectivity index (χ3v) is 5.52. The minimum atomic E-state index is -0.170. The summed E-state index contributed by atoms with van der Waals surface area (Å²) in [6, 6.07) is 0. The number of nitrogens with one attached hydrogen (secondary N) is 1. The summed E-state index contributed by atoms with van der Waals surface area (Å²) < 4.78 is 0. The Bertz CT molecular complexity index is 663. The molecule has 2 saturated heterocycles. The van der Waals surface area contributed by atoms with Crippen LogP contribution in [0.4, 0.5) is 5.13 Å². The molecule has 9 heteroatoms. The zero-order valence-electron chi connectivity index (χ0n) is 15.1. The molecule has 26 heavy (non-hydrogen) atoms. The topological polar surface area (TPSA) is 85.9 Å². The van der Waals surface area contributed by atoms with Gasteiger partial charge in [0.1, 0.15) is 0 Å². The standard InChI is InChI=1S/C17H25N5O3S/c1-13(23)18-17-19-14(12-26-17)10-15(24)22-8-6-20(7-9-22)11-16(25)21-4-2-3-5-21/h12H,2-11H2,1H3,(H,18,19,23). The summed E-state index contributed by atoms with van der Waals surface area (Å²) >= 11 is 1.32. The number of likely N-dealkylation sites (tertiary alicyclic amines) is 1. The van der Waals surface area contributed by atoms with Crippen molar-refractivity contribution in [3.8, 4) is 0 Å². The summed E-state index contributed by atoms with van der Waals surface area (Å²) in [5, 5.41) is 4.94. The molecule has 1 aromatic rings. The van der Waals surface area contributed by atoms with Gasteiger partial charge in [0, 0.05) is 51.6 Å². The van der Waals surface area contributed by atoms with Crippen molar-refractivity contribution in [2.24, 2.45) is 0 Å². The van der Waals surface area contributed by atoms with E-state index in [1.165, 1.54) is 18.3 Å². The van der Waals surface area contributed by atoms with Crippen LogP contribution in [0.1, 0.15) is 25.5 Å². The van der Waals surface area contributed by atoms with E-state index in [9.17, 15) is 14.4 Å². The van der Waals surface area contributed by atoms with Crippen LogP contribution in [0.5, 0.6) is 0 Å². The molecule has 0 spiro atoms. The van der Waals surface area contributed by atoms with Crippen LogP contribution >= 0.6 is 11.3 Å². The first-order chi connectivity index (χ1) is 12.5. The summed E-state index contributed by atoms with van der Waals surface area (Å²) in [5.74, 6) is 0.0715. The maximum Gasteiger partial charge on any atom is 0.236 e. The number of anilines is 1. The molecule has 0 unspecified atom stereocenters. The van der Waals surface area contributed by atoms with Crippen LogP contribution in [-0.2, 0) is 20.8 Å². The molecular formula is C17H25N5O3S. The number of hydrogen-bond donors (Lipinski definition) is 1. The summed E-state index contributed by atoms with van der Waals surface area (Å²) in [6.07, 6.45) is 2.45. The monoisotopic (exact) mass is 379 g/mol. The summed E-state index contributed by atoms with van der Waals surface area (Å²) in [5.41, 5.74) is 0.676. The number of nitrogens with zero attached hydrogens (tertiary/aromatic N) is 4. The highest BCUT2D eigenvalue weighted by Gasteiger charge is 2.25. The van der Waals surface area contributed by atoms with Gasteiger partial charge in [0.05, 0.1) is 18.7 Å². The first kappa shape index (κ1) is 18.8. The van der Waals surface area contributed by atoms with E-state index in [1.54, 1.807) is 5.38 Å². The maximum absolute atomic E-state index is 12.4. The smallest absolute Gasteiger partial charge is 0.236 e. The number of thiazole rings is 1. The van der Waals surface area contributed by atoms with E-state index in [-0.39, 0.29) is 24.1 Å². The largest absolute Gasteiger partial charge is 0.342 e. The molecule has 1 N–H and O–H groups in total. The van der Waals surface area contributed by atoms with Crippen molar-refractivity contribution in [3.63, 3.8) is 0 Å². The van der Waals surface area contributed by atoms with Gasteiger partial charge in [-0.3, -0.25) is 19.3 Å². The van der Waals surface area contributed by atoms with Crippen molar-refractivity contribution in [1.82, 2.24) is 19.7 Å². The summed E-state index contributed by atoms with van der Waals surface area (Å²) in [4.78, 5) is 45.8. The van der Waals surface area contributed by atoms with Crippen LogP contribution in [0, 0.1) is 0 Å². The van der Waals surface area contributed by atoms with Gasteiger partial charge >= 0.3 is 0 Å². The van der Waals surface area contributed by atoms with Crippen molar-refractivity contribution in [2.45, 2.75) is 26.2 Å². The normalized spacial score (nSPS) is 18.2. The van der Waals surface area contributed by atoms with Crippen molar-refractivity contribution in [1.29, 1.82) is 0 Å². The van der Waals surface area contributed by atoms with Gasteiger partial charge in [-0.15, -0.1) is 11.3 Å². The fourth-order valence-corrected chi connectivity index (χ4v) is 4.03. The molecule has 2 aliphatic heterocycles. The Morgan fingerprint density at radius 1 is 1.04 bits per heavy atom. The number of hydrogen-bond acceptors (Lipinski definition) is 6. The number of rotatable bonds is 5. The number of piperazine rings is 1. The second kappa shape index (κ2) is 8.59. The van der Waals surface area contributed by atoms with Crippen molar-refractivity contribution in [2.75, 3.05) is 51.1 Å². The SMILES string of the molecule is CC(=O)Nc1nc(CC(=O)N2CCN(CC(=O)N3CCCC3)CC2)cs1. The molecule has 2 aliphatic rings. The van der Waals surface area contributed by atoms with E-state index in [2.05, 4.69) is 15.2 Å². The average Bonchev–Trinajstić information content (AvgIpc) is 3.27. The Morgan fingerprint density at radius 3 is 2.35 bits per heavy atom. The van der Waals surface area contributed by atoms with Gasteiger partial charge in [0.2, 0.25) is 17.7 Å². The van der Waals surface area contributed by atoms with E-state index < -0.39 is 0 Å². The van der Waals surface area contributed by atoms with Crippen LogP contribution < -0.4 is 5.32 Å². The van der Waals surface area contributed by atoms with E-state index >= 15 is 0 Å². The van der Waals surface area contributed by atoms with Gasteiger partial charge in [-0.2, -0.15) is 0 Å². The molecule has 142 valence electrons. The Morgan fingerprint density at radius 2 is 1.69 bits per heavy atom. The minimum Gasteiger partial charge on any atom is -0.342 e. The Kier molecular flexibility index (Phi) is 6.20. The van der Waals surface area contributed by atoms with E-state index in [0.29, 0.717) is 30.5 Å². The van der Waals surface area contributed by atoms with Gasteiger partial charge in [-0.05, 0) is 12.8 Å². The highest BCUT2D eigenvalue weighted by Crippen LogP contribution is 2.17. The molecule has 8 nitrogen and oxygen atoms in total. The van der Waals surface area contributed by atoms with Gasteiger partial charge in [-0.1, -0.05) is 0 Å². The molecule has 3 heterocycles. The number of carbonyl (C=O) groups excluding carboxylic acids is 3. The predicted octanol–water partition coefficient (Wildman–Crippen LogP) is 0.411. The van der Waals surface area contributed by atoms with Crippen molar-refractivity contribution < 1.29 is 14.4 Å². The number of amides is 3. The van der Waals surface area contributed by atoms with Gasteiger partial charge in [0.25, 0.3) is 0 Å². The minimum absolute atomic E-state index is 0.0372. The fourth-order valence-electron chi connectivity index (χ4n) is 3.28. The summed E-state index contributed by atoms with van der Waals surface area (Å²) in [6.45, 7) is 6.35. The van der Waals surface area contributed by atoms with Gasteiger partial charge in [0.15, 0.2) is 5.13 Å². The first-order valence-electron chi connectivity index (χ1n) is 9.01. The van der Waals surface area contributed by atoms with E-state index in [0.717, 1.165) is 39.0 Å². The average molecular weight is 379 g/mol.